The smallest absolute Gasteiger partial charge is 0.290 e. The molecule has 122 valence electrons. The van der Waals surface area contributed by atoms with Gasteiger partial charge in [0, 0.05) is 18.7 Å². The van der Waals surface area contributed by atoms with E-state index in [2.05, 4.69) is 25.7 Å². The van der Waals surface area contributed by atoms with Crippen molar-refractivity contribution >= 4 is 33.5 Å². The summed E-state index contributed by atoms with van der Waals surface area (Å²) in [6, 6.07) is 5.87. The van der Waals surface area contributed by atoms with Gasteiger partial charge in [0.05, 0.1) is 17.0 Å². The van der Waals surface area contributed by atoms with Crippen LogP contribution >= 0.6 is 0 Å². The Bertz CT molecular complexity index is 1050. The van der Waals surface area contributed by atoms with Gasteiger partial charge in [0.15, 0.2) is 22.7 Å². The number of hydrogen-bond donors (Lipinski definition) is 2. The number of fused-ring (bicyclic) bond motifs is 2. The Kier molecular flexibility index (Phi) is 2.99. The quantitative estimate of drug-likeness (QED) is 0.590. The molecule has 2 N–H and O–H groups in total. The third-order valence-electron chi connectivity index (χ3n) is 3.53. The largest absolute Gasteiger partial charge is 0.356 e. The van der Waals surface area contributed by atoms with Crippen LogP contribution in [0.15, 0.2) is 35.0 Å². The second-order valence-electron chi connectivity index (χ2n) is 5.38. The fraction of sp³-hybridized carbons (Fsp3) is 0.133. The van der Waals surface area contributed by atoms with Gasteiger partial charge in [-0.1, -0.05) is 5.16 Å². The van der Waals surface area contributed by atoms with Crippen LogP contribution in [0.4, 0.5) is 24.7 Å². The zero-order valence-electron chi connectivity index (χ0n) is 12.3. The molecule has 6 nitrogen and oxygen atoms in total. The van der Waals surface area contributed by atoms with E-state index in [9.17, 15) is 13.2 Å². The fourth-order valence-electron chi connectivity index (χ4n) is 2.44. The predicted octanol–water partition coefficient (Wildman–Crippen LogP) is 4.09. The van der Waals surface area contributed by atoms with Crippen molar-refractivity contribution in [1.29, 1.82) is 0 Å². The average Bonchev–Trinajstić information content (AvgIpc) is 3.11. The first-order chi connectivity index (χ1) is 11.4. The van der Waals surface area contributed by atoms with Crippen LogP contribution in [0.3, 0.4) is 0 Å². The van der Waals surface area contributed by atoms with Crippen molar-refractivity contribution in [2.24, 2.45) is 0 Å². The van der Waals surface area contributed by atoms with Crippen LogP contribution in [0.2, 0.25) is 0 Å². The highest BCUT2D eigenvalue weighted by atomic mass is 19.3. The molecule has 3 heterocycles. The molecule has 0 unspecified atom stereocenters. The van der Waals surface area contributed by atoms with E-state index in [1.807, 2.05) is 0 Å². The number of pyridine rings is 1. The van der Waals surface area contributed by atoms with E-state index in [0.717, 1.165) is 13.1 Å². The third kappa shape index (κ3) is 2.34. The standard InChI is InChI=1S/C15H10F3N5O/c1-15(17,18)12-9-3-2-8(5-11(9)24-23-12)20-14-10-4-7(16)6-19-13(10)21-22-14/h2-6H,1H3,(H2,19,20,21,22). The number of H-pyrrole nitrogens is 1. The number of anilines is 2. The molecule has 0 atom stereocenters. The third-order valence-corrected chi connectivity index (χ3v) is 3.53. The molecule has 3 aromatic heterocycles. The van der Waals surface area contributed by atoms with Crippen molar-refractivity contribution in [3.05, 3.63) is 42.0 Å². The highest BCUT2D eigenvalue weighted by Crippen LogP contribution is 2.34. The molecule has 0 aliphatic heterocycles. The molecule has 1 aromatic carbocycles. The van der Waals surface area contributed by atoms with Crippen LogP contribution in [0.25, 0.3) is 22.0 Å². The Labute approximate surface area is 132 Å². The molecule has 0 bridgehead atoms. The summed E-state index contributed by atoms with van der Waals surface area (Å²) in [5.74, 6) is -3.23. The van der Waals surface area contributed by atoms with Crippen molar-refractivity contribution in [3.63, 3.8) is 0 Å². The molecular formula is C15H10F3N5O. The Hall–Kier alpha value is -3.10. The summed E-state index contributed by atoms with van der Waals surface area (Å²) in [5.41, 5.74) is 0.746. The minimum Gasteiger partial charge on any atom is -0.356 e. The number of rotatable bonds is 3. The van der Waals surface area contributed by atoms with Gasteiger partial charge in [-0.15, -0.1) is 0 Å². The van der Waals surface area contributed by atoms with E-state index in [4.69, 9.17) is 4.52 Å². The van der Waals surface area contributed by atoms with Gasteiger partial charge in [-0.3, -0.25) is 5.10 Å². The number of aromatic nitrogens is 4. The van der Waals surface area contributed by atoms with Gasteiger partial charge in [0.25, 0.3) is 5.92 Å². The Morgan fingerprint density at radius 3 is 2.83 bits per heavy atom. The average molecular weight is 333 g/mol. The van der Waals surface area contributed by atoms with E-state index in [1.54, 1.807) is 6.07 Å². The lowest BCUT2D eigenvalue weighted by atomic mass is 10.1. The van der Waals surface area contributed by atoms with Crippen LogP contribution < -0.4 is 5.32 Å². The van der Waals surface area contributed by atoms with Gasteiger partial charge in [-0.05, 0) is 18.2 Å². The normalized spacial score (nSPS) is 12.2. The highest BCUT2D eigenvalue weighted by Gasteiger charge is 2.31. The van der Waals surface area contributed by atoms with Gasteiger partial charge in [-0.25, -0.2) is 9.37 Å². The molecule has 0 fully saturated rings. The van der Waals surface area contributed by atoms with Gasteiger partial charge in [0.2, 0.25) is 0 Å². The SMILES string of the molecule is CC(F)(F)c1noc2cc(Nc3n[nH]c4ncc(F)cc34)ccc12. The second kappa shape index (κ2) is 4.95. The highest BCUT2D eigenvalue weighted by molar-refractivity contribution is 5.90. The van der Waals surface area contributed by atoms with Gasteiger partial charge in [-0.2, -0.15) is 13.9 Å². The first-order valence-corrected chi connectivity index (χ1v) is 6.96. The number of nitrogens with zero attached hydrogens (tertiary/aromatic N) is 3. The molecule has 4 rings (SSSR count). The van der Waals surface area contributed by atoms with E-state index >= 15 is 0 Å². The van der Waals surface area contributed by atoms with E-state index in [-0.39, 0.29) is 11.0 Å². The summed E-state index contributed by atoms with van der Waals surface area (Å²) in [6.45, 7) is 0.758. The van der Waals surface area contributed by atoms with Crippen LogP contribution in [-0.2, 0) is 5.92 Å². The Morgan fingerprint density at radius 2 is 2.04 bits per heavy atom. The number of nitrogens with one attached hydrogen (secondary N) is 2. The van der Waals surface area contributed by atoms with Gasteiger partial charge >= 0.3 is 0 Å². The molecular weight excluding hydrogens is 323 g/mol. The topological polar surface area (TPSA) is 79.6 Å². The Morgan fingerprint density at radius 1 is 1.21 bits per heavy atom. The van der Waals surface area contributed by atoms with Crippen LogP contribution in [0.1, 0.15) is 12.6 Å². The summed E-state index contributed by atoms with van der Waals surface area (Å²) in [6.07, 6.45) is 1.08. The van der Waals surface area contributed by atoms with Crippen molar-refractivity contribution in [1.82, 2.24) is 20.3 Å². The van der Waals surface area contributed by atoms with E-state index in [0.29, 0.717) is 22.5 Å². The number of hydrogen-bond acceptors (Lipinski definition) is 5. The summed E-state index contributed by atoms with van der Waals surface area (Å²) < 4.78 is 45.2. The minimum atomic E-state index is -3.10. The number of alkyl halides is 2. The number of benzene rings is 1. The van der Waals surface area contributed by atoms with Crippen LogP contribution in [-0.4, -0.2) is 20.3 Å². The Balaban J connectivity index is 1.73. The van der Waals surface area contributed by atoms with Crippen molar-refractivity contribution < 1.29 is 17.7 Å². The molecule has 9 heteroatoms. The first kappa shape index (κ1) is 14.5. The summed E-state index contributed by atoms with van der Waals surface area (Å²) in [5, 5.41) is 13.8. The molecule has 0 aliphatic carbocycles. The maximum atomic E-state index is 13.4. The van der Waals surface area contributed by atoms with Crippen molar-refractivity contribution in [2.75, 3.05) is 5.32 Å². The summed E-state index contributed by atoms with van der Waals surface area (Å²) in [4.78, 5) is 3.88. The number of halogens is 3. The minimum absolute atomic E-state index is 0.209. The molecule has 0 aliphatic rings. The molecule has 0 amide bonds. The van der Waals surface area contributed by atoms with Gasteiger partial charge in [0.1, 0.15) is 5.82 Å². The maximum absolute atomic E-state index is 13.4. The molecule has 24 heavy (non-hydrogen) atoms. The van der Waals surface area contributed by atoms with Crippen molar-refractivity contribution in [3.8, 4) is 0 Å². The first-order valence-electron chi connectivity index (χ1n) is 6.96. The van der Waals surface area contributed by atoms with Crippen LogP contribution in [0.5, 0.6) is 0 Å². The lowest BCUT2D eigenvalue weighted by Gasteiger charge is -2.06. The number of aromatic amines is 1. The molecule has 0 radical (unpaired) electrons. The summed E-state index contributed by atoms with van der Waals surface area (Å²) in [7, 11) is 0. The monoisotopic (exact) mass is 333 g/mol. The lowest BCUT2D eigenvalue weighted by molar-refractivity contribution is 0.0112. The second-order valence-corrected chi connectivity index (χ2v) is 5.38. The molecule has 4 aromatic rings. The fourth-order valence-corrected chi connectivity index (χ4v) is 2.44. The maximum Gasteiger partial charge on any atom is 0.290 e. The van der Waals surface area contributed by atoms with Crippen molar-refractivity contribution in [2.45, 2.75) is 12.8 Å². The molecule has 0 spiro atoms. The van der Waals surface area contributed by atoms with E-state index < -0.39 is 17.4 Å². The zero-order valence-corrected chi connectivity index (χ0v) is 12.3. The van der Waals surface area contributed by atoms with E-state index in [1.165, 1.54) is 18.2 Å². The summed E-state index contributed by atoms with van der Waals surface area (Å²) >= 11 is 0. The predicted molar refractivity (Wildman–Crippen MR) is 80.7 cm³/mol. The van der Waals surface area contributed by atoms with Gasteiger partial charge < -0.3 is 9.84 Å². The molecule has 0 saturated carbocycles. The van der Waals surface area contributed by atoms with Crippen LogP contribution in [0, 0.1) is 5.82 Å². The lowest BCUT2D eigenvalue weighted by Crippen LogP contribution is -2.07. The zero-order chi connectivity index (χ0) is 16.9. The molecule has 0 saturated heterocycles.